The van der Waals surface area contributed by atoms with Crippen LogP contribution in [0.4, 0.5) is 0 Å². The van der Waals surface area contributed by atoms with Crippen molar-refractivity contribution in [3.8, 4) is 0 Å². The smallest absolute Gasteiger partial charge is 0.209 e. The Hall–Kier alpha value is -1.10. The van der Waals surface area contributed by atoms with E-state index in [2.05, 4.69) is 10.3 Å². The zero-order valence-electron chi connectivity index (χ0n) is 8.73. The van der Waals surface area contributed by atoms with Crippen molar-refractivity contribution in [3.05, 3.63) is 0 Å². The molecule has 2 atom stereocenters. The lowest BCUT2D eigenvalue weighted by Crippen LogP contribution is -2.38. The molecule has 3 N–H and O–H groups in total. The predicted octanol–water partition coefficient (Wildman–Crippen LogP) is -0.470. The van der Waals surface area contributed by atoms with Crippen molar-refractivity contribution < 1.29 is 4.79 Å². The van der Waals surface area contributed by atoms with Gasteiger partial charge < -0.3 is 10.6 Å². The van der Waals surface area contributed by atoms with Gasteiger partial charge in [0.15, 0.2) is 0 Å². The van der Waals surface area contributed by atoms with Crippen molar-refractivity contribution >= 4 is 12.2 Å². The van der Waals surface area contributed by atoms with Crippen molar-refractivity contribution in [1.29, 1.82) is 0 Å². The third-order valence-electron chi connectivity index (χ3n) is 2.24. The van der Waals surface area contributed by atoms with Crippen LogP contribution < -0.4 is 11.1 Å². The Kier molecular flexibility index (Phi) is 3.88. The first-order valence-corrected chi connectivity index (χ1v) is 4.87. The zero-order chi connectivity index (χ0) is 10.6. The standard InChI is InChI=1S/C9H18N4O/c1-7(10)11-8(2)12-9-3-4-13(5-9)6-14/h6,8-9,12H,3-5H2,1-2H3,(H2,10,11). The minimum Gasteiger partial charge on any atom is -0.388 e. The maximum atomic E-state index is 10.5. The lowest BCUT2D eigenvalue weighted by Gasteiger charge is -2.16. The molecule has 0 saturated carbocycles. The first-order chi connectivity index (χ1) is 6.61. The molecule has 5 heteroatoms. The Morgan fingerprint density at radius 3 is 3.00 bits per heavy atom. The van der Waals surface area contributed by atoms with E-state index in [1.807, 2.05) is 6.92 Å². The van der Waals surface area contributed by atoms with Gasteiger partial charge in [0.2, 0.25) is 6.41 Å². The van der Waals surface area contributed by atoms with Crippen molar-refractivity contribution in [3.63, 3.8) is 0 Å². The summed E-state index contributed by atoms with van der Waals surface area (Å²) in [4.78, 5) is 16.4. The molecule has 1 aliphatic heterocycles. The lowest BCUT2D eigenvalue weighted by atomic mass is 10.2. The molecule has 1 fully saturated rings. The van der Waals surface area contributed by atoms with Gasteiger partial charge in [-0.3, -0.25) is 15.1 Å². The molecule has 1 amide bonds. The minimum atomic E-state index is 0.0246. The molecule has 1 saturated heterocycles. The number of nitrogens with two attached hydrogens (primary N) is 1. The van der Waals surface area contributed by atoms with Gasteiger partial charge in [0, 0.05) is 19.1 Å². The molecule has 1 aliphatic rings. The number of likely N-dealkylation sites (tertiary alicyclic amines) is 1. The maximum absolute atomic E-state index is 10.5. The molecule has 0 spiro atoms. The molecule has 0 aliphatic carbocycles. The van der Waals surface area contributed by atoms with Crippen molar-refractivity contribution in [2.24, 2.45) is 10.7 Å². The summed E-state index contributed by atoms with van der Waals surface area (Å²) in [7, 11) is 0. The van der Waals surface area contributed by atoms with Crippen LogP contribution in [0, 0.1) is 0 Å². The van der Waals surface area contributed by atoms with E-state index < -0.39 is 0 Å². The summed E-state index contributed by atoms with van der Waals surface area (Å²) in [5.74, 6) is 0.579. The van der Waals surface area contributed by atoms with Crippen LogP contribution in [0.2, 0.25) is 0 Å². The highest BCUT2D eigenvalue weighted by Gasteiger charge is 2.21. The van der Waals surface area contributed by atoms with E-state index in [-0.39, 0.29) is 6.17 Å². The molecule has 1 heterocycles. The fourth-order valence-electron chi connectivity index (χ4n) is 1.70. The molecule has 1 rings (SSSR count). The summed E-state index contributed by atoms with van der Waals surface area (Å²) in [5.41, 5.74) is 5.46. The fraction of sp³-hybridized carbons (Fsp3) is 0.778. The third-order valence-corrected chi connectivity index (χ3v) is 2.24. The number of nitrogens with one attached hydrogen (secondary N) is 1. The highest BCUT2D eigenvalue weighted by atomic mass is 16.1. The number of hydrogen-bond donors (Lipinski definition) is 2. The normalized spacial score (nSPS) is 25.1. The van der Waals surface area contributed by atoms with Gasteiger partial charge in [-0.15, -0.1) is 0 Å². The van der Waals surface area contributed by atoms with E-state index in [0.29, 0.717) is 11.9 Å². The van der Waals surface area contributed by atoms with Crippen LogP contribution in [0.3, 0.4) is 0 Å². The SMILES string of the molecule is CC(N)=NC(C)NC1CCN(C=O)C1. The Bertz CT molecular complexity index is 225. The number of aliphatic imine (C=N–C) groups is 1. The molecule has 0 aromatic carbocycles. The molecule has 0 aromatic rings. The van der Waals surface area contributed by atoms with E-state index in [4.69, 9.17) is 5.73 Å². The summed E-state index contributed by atoms with van der Waals surface area (Å²) in [6.07, 6.45) is 1.91. The van der Waals surface area contributed by atoms with Gasteiger partial charge in [-0.25, -0.2) is 0 Å². The van der Waals surface area contributed by atoms with Crippen LogP contribution in [0.1, 0.15) is 20.3 Å². The van der Waals surface area contributed by atoms with Gasteiger partial charge in [0.05, 0.1) is 12.0 Å². The summed E-state index contributed by atoms with van der Waals surface area (Å²) < 4.78 is 0. The Labute approximate surface area is 84.4 Å². The van der Waals surface area contributed by atoms with Crippen LogP contribution in [-0.2, 0) is 4.79 Å². The van der Waals surface area contributed by atoms with Gasteiger partial charge in [0.1, 0.15) is 0 Å². The lowest BCUT2D eigenvalue weighted by molar-refractivity contribution is -0.117. The molecular weight excluding hydrogens is 180 g/mol. The predicted molar refractivity (Wildman–Crippen MR) is 55.9 cm³/mol. The summed E-state index contributed by atoms with van der Waals surface area (Å²) in [6, 6.07) is 0.346. The van der Waals surface area contributed by atoms with Gasteiger partial charge in [0.25, 0.3) is 0 Å². The number of nitrogens with zero attached hydrogens (tertiary/aromatic N) is 2. The molecule has 2 unspecified atom stereocenters. The molecule has 0 radical (unpaired) electrons. The summed E-state index contributed by atoms with van der Waals surface area (Å²) in [6.45, 7) is 5.33. The monoisotopic (exact) mass is 198 g/mol. The third kappa shape index (κ3) is 3.33. The molecule has 14 heavy (non-hydrogen) atoms. The second-order valence-electron chi connectivity index (χ2n) is 3.70. The zero-order valence-corrected chi connectivity index (χ0v) is 8.73. The largest absolute Gasteiger partial charge is 0.388 e. The van der Waals surface area contributed by atoms with Crippen LogP contribution >= 0.6 is 0 Å². The van der Waals surface area contributed by atoms with Crippen LogP contribution in [0.25, 0.3) is 0 Å². The van der Waals surface area contributed by atoms with E-state index in [9.17, 15) is 4.79 Å². The molecule has 0 bridgehead atoms. The second kappa shape index (κ2) is 4.95. The molecule has 0 aromatic heterocycles. The van der Waals surface area contributed by atoms with Crippen LogP contribution in [0.5, 0.6) is 0 Å². The summed E-state index contributed by atoms with van der Waals surface area (Å²) >= 11 is 0. The van der Waals surface area contributed by atoms with Crippen molar-refractivity contribution in [1.82, 2.24) is 10.2 Å². The van der Waals surface area contributed by atoms with Crippen LogP contribution in [0.15, 0.2) is 4.99 Å². The summed E-state index contributed by atoms with van der Waals surface area (Å²) in [5, 5.41) is 3.31. The highest BCUT2D eigenvalue weighted by Crippen LogP contribution is 2.07. The van der Waals surface area contributed by atoms with Gasteiger partial charge in [-0.1, -0.05) is 0 Å². The number of rotatable bonds is 4. The van der Waals surface area contributed by atoms with E-state index in [1.54, 1.807) is 11.8 Å². The molecule has 80 valence electrons. The van der Waals surface area contributed by atoms with E-state index >= 15 is 0 Å². The number of carbonyl (C=O) groups is 1. The fourth-order valence-corrected chi connectivity index (χ4v) is 1.70. The second-order valence-corrected chi connectivity index (χ2v) is 3.70. The number of carbonyl (C=O) groups excluding carboxylic acids is 1. The van der Waals surface area contributed by atoms with Gasteiger partial charge >= 0.3 is 0 Å². The van der Waals surface area contributed by atoms with Crippen molar-refractivity contribution in [2.45, 2.75) is 32.5 Å². The first-order valence-electron chi connectivity index (χ1n) is 4.87. The maximum Gasteiger partial charge on any atom is 0.209 e. The first kappa shape index (κ1) is 11.0. The van der Waals surface area contributed by atoms with Crippen molar-refractivity contribution in [2.75, 3.05) is 13.1 Å². The van der Waals surface area contributed by atoms with E-state index in [0.717, 1.165) is 25.9 Å². The molecular formula is C9H18N4O. The minimum absolute atomic E-state index is 0.0246. The average molecular weight is 198 g/mol. The average Bonchev–Trinajstić information content (AvgIpc) is 2.50. The topological polar surface area (TPSA) is 70.7 Å². The highest BCUT2D eigenvalue weighted by molar-refractivity contribution is 5.77. The Balaban J connectivity index is 2.32. The Morgan fingerprint density at radius 1 is 1.79 bits per heavy atom. The van der Waals surface area contributed by atoms with E-state index in [1.165, 1.54) is 0 Å². The quantitative estimate of drug-likeness (QED) is 0.364. The van der Waals surface area contributed by atoms with Gasteiger partial charge in [-0.2, -0.15) is 0 Å². The number of hydrogen-bond acceptors (Lipinski definition) is 3. The number of amides is 1. The number of amidine groups is 1. The Morgan fingerprint density at radius 2 is 2.50 bits per heavy atom. The van der Waals surface area contributed by atoms with Crippen LogP contribution in [-0.4, -0.2) is 42.4 Å². The van der Waals surface area contributed by atoms with Gasteiger partial charge in [-0.05, 0) is 20.3 Å². The molecule has 5 nitrogen and oxygen atoms in total.